The van der Waals surface area contributed by atoms with E-state index >= 15 is 0 Å². The number of rotatable bonds is 6. The van der Waals surface area contributed by atoms with Crippen molar-refractivity contribution in [3.05, 3.63) is 74.4 Å². The lowest BCUT2D eigenvalue weighted by Crippen LogP contribution is -2.37. The van der Waals surface area contributed by atoms with Crippen molar-refractivity contribution < 1.29 is 41.0 Å². The predicted octanol–water partition coefficient (Wildman–Crippen LogP) is 2.68. The molecule has 3 heterocycles. The van der Waals surface area contributed by atoms with Gasteiger partial charge in [0, 0.05) is 25.8 Å². The minimum absolute atomic E-state index is 0.00883. The van der Waals surface area contributed by atoms with E-state index in [0.717, 1.165) is 31.6 Å². The lowest BCUT2D eigenvalue weighted by Gasteiger charge is -2.30. The standard InChI is InChI=1S/C19H15ClF4N5O6P/c1-34-36(32,33)35-29-18(31)16(20)13(8-26-29)27-4-5-28-14(7-25-15(28)9-27)17(30)11-3-2-10(21)6-12(11)19(22,23)24/h2-3,6-8H,4-5,9H2,1H3,(H,32,33). The lowest BCUT2D eigenvalue weighted by molar-refractivity contribution is -0.138. The van der Waals surface area contributed by atoms with E-state index in [0.29, 0.717) is 0 Å². The van der Waals surface area contributed by atoms with Crippen LogP contribution in [0.1, 0.15) is 27.4 Å². The van der Waals surface area contributed by atoms with E-state index in [9.17, 15) is 36.6 Å². The number of anilines is 1. The van der Waals surface area contributed by atoms with Crippen molar-refractivity contribution in [2.75, 3.05) is 18.6 Å². The summed E-state index contributed by atoms with van der Waals surface area (Å²) in [6.45, 7) is 0.205. The number of benzene rings is 1. The Morgan fingerprint density at radius 3 is 2.64 bits per heavy atom. The zero-order chi connectivity index (χ0) is 26.4. The average Bonchev–Trinajstić information content (AvgIpc) is 3.24. The molecule has 4 rings (SSSR count). The topological polar surface area (TPSA) is 129 Å². The highest BCUT2D eigenvalue weighted by Gasteiger charge is 2.37. The van der Waals surface area contributed by atoms with Gasteiger partial charge < -0.3 is 9.47 Å². The van der Waals surface area contributed by atoms with Crippen molar-refractivity contribution in [3.8, 4) is 0 Å². The number of alkyl halides is 3. The minimum Gasteiger partial charge on any atom is -0.360 e. The lowest BCUT2D eigenvalue weighted by atomic mass is 10.0. The summed E-state index contributed by atoms with van der Waals surface area (Å²) < 4.78 is 75.2. The van der Waals surface area contributed by atoms with Crippen molar-refractivity contribution >= 4 is 30.9 Å². The molecule has 192 valence electrons. The van der Waals surface area contributed by atoms with Crippen molar-refractivity contribution in [2.24, 2.45) is 0 Å². The molecule has 0 radical (unpaired) electrons. The third-order valence-electron chi connectivity index (χ3n) is 5.25. The Labute approximate surface area is 204 Å². The summed E-state index contributed by atoms with van der Waals surface area (Å²) in [5, 5.41) is 3.24. The van der Waals surface area contributed by atoms with Gasteiger partial charge in [0.25, 0.3) is 0 Å². The number of nitrogens with zero attached hydrogens (tertiary/aromatic N) is 5. The maximum atomic E-state index is 13.4. The van der Waals surface area contributed by atoms with Crippen LogP contribution in [-0.4, -0.2) is 43.8 Å². The van der Waals surface area contributed by atoms with Crippen LogP contribution in [0.25, 0.3) is 0 Å². The van der Waals surface area contributed by atoms with E-state index < -0.39 is 47.3 Å². The van der Waals surface area contributed by atoms with Crippen LogP contribution in [-0.2, 0) is 28.4 Å². The van der Waals surface area contributed by atoms with Crippen LogP contribution in [0.4, 0.5) is 23.2 Å². The van der Waals surface area contributed by atoms with Gasteiger partial charge in [-0.05, 0) is 23.0 Å². The van der Waals surface area contributed by atoms with Crippen LogP contribution in [0.15, 0.2) is 35.4 Å². The number of ketones is 1. The van der Waals surface area contributed by atoms with Gasteiger partial charge in [0.15, 0.2) is 0 Å². The molecule has 0 amide bonds. The van der Waals surface area contributed by atoms with Crippen LogP contribution in [0, 0.1) is 5.82 Å². The summed E-state index contributed by atoms with van der Waals surface area (Å²) in [5.41, 5.74) is -3.19. The molecule has 1 aromatic carbocycles. The van der Waals surface area contributed by atoms with Crippen molar-refractivity contribution in [2.45, 2.75) is 19.3 Å². The zero-order valence-corrected chi connectivity index (χ0v) is 19.7. The van der Waals surface area contributed by atoms with Gasteiger partial charge in [-0.25, -0.2) is 13.9 Å². The van der Waals surface area contributed by atoms with E-state index in [1.807, 2.05) is 0 Å². The molecule has 17 heteroatoms. The Hall–Kier alpha value is -3.26. The Morgan fingerprint density at radius 2 is 1.97 bits per heavy atom. The highest BCUT2D eigenvalue weighted by molar-refractivity contribution is 7.47. The monoisotopic (exact) mass is 551 g/mol. The average molecular weight is 552 g/mol. The van der Waals surface area contributed by atoms with Gasteiger partial charge in [0.05, 0.1) is 30.2 Å². The molecule has 36 heavy (non-hydrogen) atoms. The number of aromatic nitrogens is 4. The van der Waals surface area contributed by atoms with Crippen LogP contribution in [0.5, 0.6) is 0 Å². The molecule has 0 bridgehead atoms. The molecule has 0 spiro atoms. The van der Waals surface area contributed by atoms with Gasteiger partial charge >= 0.3 is 19.6 Å². The maximum Gasteiger partial charge on any atom is 0.547 e. The molecule has 11 nitrogen and oxygen atoms in total. The number of phosphoric acid groups is 1. The second kappa shape index (κ2) is 9.32. The first kappa shape index (κ1) is 25.8. The fourth-order valence-corrected chi connectivity index (χ4v) is 4.17. The summed E-state index contributed by atoms with van der Waals surface area (Å²) in [6, 6.07) is 1.79. The molecule has 3 aromatic rings. The molecule has 2 aromatic heterocycles. The molecule has 0 aliphatic carbocycles. The first-order valence-corrected chi connectivity index (χ1v) is 11.8. The number of hydrogen-bond donors (Lipinski definition) is 1. The molecule has 1 aliphatic rings. The SMILES string of the molecule is COP(=O)(O)On1ncc(N2CCn3c(C(=O)c4ccc(F)cc4C(F)(F)F)cnc3C2)c(Cl)c1=O. The summed E-state index contributed by atoms with van der Waals surface area (Å²) in [6.07, 6.45) is -2.74. The Morgan fingerprint density at radius 1 is 1.25 bits per heavy atom. The quantitative estimate of drug-likeness (QED) is 0.279. The molecule has 1 aliphatic heterocycles. The Bertz CT molecular complexity index is 1460. The second-order valence-electron chi connectivity index (χ2n) is 7.40. The highest BCUT2D eigenvalue weighted by atomic mass is 35.5. The van der Waals surface area contributed by atoms with Crippen LogP contribution < -0.4 is 15.1 Å². The third kappa shape index (κ3) is 4.87. The van der Waals surface area contributed by atoms with Crippen molar-refractivity contribution in [1.82, 2.24) is 19.5 Å². The van der Waals surface area contributed by atoms with Gasteiger partial charge in [0.2, 0.25) is 5.78 Å². The normalized spacial score (nSPS) is 15.4. The summed E-state index contributed by atoms with van der Waals surface area (Å²) in [4.78, 5) is 40.6. The molecular formula is C19H15ClF4N5O6P. The van der Waals surface area contributed by atoms with Crippen LogP contribution in [0.2, 0.25) is 5.02 Å². The van der Waals surface area contributed by atoms with E-state index in [2.05, 4.69) is 19.2 Å². The number of carbonyl (C=O) groups excluding carboxylic acids is 1. The highest BCUT2D eigenvalue weighted by Crippen LogP contribution is 2.38. The molecule has 1 atom stereocenters. The first-order chi connectivity index (χ1) is 16.8. The molecule has 0 saturated heterocycles. The molecule has 0 fully saturated rings. The van der Waals surface area contributed by atoms with Gasteiger partial charge in [-0.3, -0.25) is 23.6 Å². The molecule has 1 unspecified atom stereocenters. The number of hydrogen-bond acceptors (Lipinski definition) is 8. The fourth-order valence-electron chi connectivity index (χ4n) is 3.55. The molecule has 1 N–H and O–H groups in total. The van der Waals surface area contributed by atoms with E-state index in [4.69, 9.17) is 11.6 Å². The summed E-state index contributed by atoms with van der Waals surface area (Å²) in [7, 11) is -3.71. The molecule has 0 saturated carbocycles. The first-order valence-electron chi connectivity index (χ1n) is 9.89. The second-order valence-corrected chi connectivity index (χ2v) is 9.25. The number of imidazole rings is 1. The van der Waals surface area contributed by atoms with Gasteiger partial charge in [0.1, 0.15) is 22.4 Å². The van der Waals surface area contributed by atoms with Crippen LogP contribution >= 0.6 is 19.4 Å². The number of carbonyl (C=O) groups is 1. The van der Waals surface area contributed by atoms with Crippen LogP contribution in [0.3, 0.4) is 0 Å². The van der Waals surface area contributed by atoms with E-state index in [1.165, 1.54) is 4.57 Å². The fraction of sp³-hybridized carbons (Fsp3) is 0.263. The summed E-state index contributed by atoms with van der Waals surface area (Å²) in [5.74, 6) is -1.84. The van der Waals surface area contributed by atoms with Crippen molar-refractivity contribution in [3.63, 3.8) is 0 Å². The number of halogens is 5. The number of fused-ring (bicyclic) bond motifs is 1. The van der Waals surface area contributed by atoms with Gasteiger partial charge in [-0.1, -0.05) is 11.6 Å². The summed E-state index contributed by atoms with van der Waals surface area (Å²) >= 11 is 6.11. The van der Waals surface area contributed by atoms with Crippen molar-refractivity contribution in [1.29, 1.82) is 0 Å². The van der Waals surface area contributed by atoms with Gasteiger partial charge in [-0.2, -0.15) is 13.2 Å². The maximum absolute atomic E-state index is 13.4. The third-order valence-corrected chi connectivity index (χ3v) is 6.43. The Balaban J connectivity index is 1.62. The zero-order valence-electron chi connectivity index (χ0n) is 18.1. The van der Waals surface area contributed by atoms with E-state index in [-0.39, 0.29) is 47.8 Å². The smallest absolute Gasteiger partial charge is 0.360 e. The predicted molar refractivity (Wildman–Crippen MR) is 115 cm³/mol. The largest absolute Gasteiger partial charge is 0.547 e. The van der Waals surface area contributed by atoms with Gasteiger partial charge in [-0.15, -0.1) is 5.10 Å². The molecular weight excluding hydrogens is 537 g/mol. The number of phosphoric ester groups is 1. The van der Waals surface area contributed by atoms with E-state index in [1.54, 1.807) is 4.90 Å². The minimum atomic E-state index is -4.95. The Kier molecular flexibility index (Phi) is 6.68.